The molecule has 0 atom stereocenters. The van der Waals surface area contributed by atoms with Crippen molar-refractivity contribution in [3.63, 3.8) is 0 Å². The molecule has 4 aliphatic rings. The van der Waals surface area contributed by atoms with Gasteiger partial charge in [-0.15, -0.1) is 11.8 Å². The largest absolute Gasteiger partial charge is 0.354 e. The molecule has 0 spiro atoms. The molecule has 3 aromatic rings. The zero-order valence-electron chi connectivity index (χ0n) is 19.3. The zero-order chi connectivity index (χ0) is 21.7. The maximum absolute atomic E-state index is 5.86. The van der Waals surface area contributed by atoms with E-state index in [0.29, 0.717) is 5.41 Å². The summed E-state index contributed by atoms with van der Waals surface area (Å²) in [5.41, 5.74) is 13.4. The molecule has 0 aliphatic heterocycles. The van der Waals surface area contributed by atoms with Crippen molar-refractivity contribution in [3.05, 3.63) is 53.6 Å². The quantitative estimate of drug-likeness (QED) is 0.296. The van der Waals surface area contributed by atoms with Crippen LogP contribution in [-0.2, 0) is 11.8 Å². The third kappa shape index (κ3) is 3.44. The van der Waals surface area contributed by atoms with Crippen molar-refractivity contribution in [1.29, 1.82) is 0 Å². The lowest BCUT2D eigenvalue weighted by atomic mass is 9.48. The number of fused-ring (bicyclic) bond motifs is 1. The molecule has 0 radical (unpaired) electrons. The number of rotatable bonds is 7. The van der Waals surface area contributed by atoms with Gasteiger partial charge in [-0.3, -0.25) is 0 Å². The molecule has 3 heteroatoms. The third-order valence-electron chi connectivity index (χ3n) is 8.81. The molecule has 4 aliphatic carbocycles. The minimum absolute atomic E-state index is 0.450. The number of nitrogens with two attached hydrogens (primary N) is 1. The Labute approximate surface area is 196 Å². The molecule has 0 saturated heterocycles. The number of hydrogen-bond acceptors (Lipinski definition) is 2. The minimum Gasteiger partial charge on any atom is -0.354 e. The molecule has 2 nitrogen and oxygen atoms in total. The van der Waals surface area contributed by atoms with Crippen LogP contribution in [0.15, 0.2) is 47.4 Å². The van der Waals surface area contributed by atoms with Crippen LogP contribution in [0.2, 0.25) is 0 Å². The van der Waals surface area contributed by atoms with Crippen molar-refractivity contribution in [3.8, 4) is 11.3 Å². The van der Waals surface area contributed by atoms with Crippen LogP contribution in [0.3, 0.4) is 0 Å². The van der Waals surface area contributed by atoms with Crippen molar-refractivity contribution < 1.29 is 0 Å². The molecule has 1 heterocycles. The van der Waals surface area contributed by atoms with Gasteiger partial charge >= 0.3 is 0 Å². The summed E-state index contributed by atoms with van der Waals surface area (Å²) < 4.78 is 0. The Kier molecular flexibility index (Phi) is 5.38. The van der Waals surface area contributed by atoms with Crippen LogP contribution in [0.25, 0.3) is 22.2 Å². The Balaban J connectivity index is 1.47. The van der Waals surface area contributed by atoms with E-state index in [-0.39, 0.29) is 0 Å². The van der Waals surface area contributed by atoms with E-state index in [0.717, 1.165) is 43.6 Å². The van der Waals surface area contributed by atoms with Gasteiger partial charge in [0.2, 0.25) is 0 Å². The zero-order valence-corrected chi connectivity index (χ0v) is 20.1. The Morgan fingerprint density at radius 3 is 2.38 bits per heavy atom. The predicted octanol–water partition coefficient (Wildman–Crippen LogP) is 7.31. The molecule has 32 heavy (non-hydrogen) atoms. The van der Waals surface area contributed by atoms with Crippen molar-refractivity contribution in [1.82, 2.24) is 4.98 Å². The van der Waals surface area contributed by atoms with E-state index in [2.05, 4.69) is 53.7 Å². The number of aromatic nitrogens is 1. The van der Waals surface area contributed by atoms with E-state index < -0.39 is 0 Å². The molecular formula is C29H36N2S. The first-order valence-electron chi connectivity index (χ1n) is 12.7. The van der Waals surface area contributed by atoms with Crippen LogP contribution in [-0.4, -0.2) is 17.8 Å². The summed E-state index contributed by atoms with van der Waals surface area (Å²) in [6, 6.07) is 16.3. The molecule has 4 fully saturated rings. The number of H-pyrrole nitrogens is 1. The number of aromatic amines is 1. The lowest BCUT2D eigenvalue weighted by Gasteiger charge is -2.57. The Bertz CT molecular complexity index is 1090. The fraction of sp³-hybridized carbons (Fsp3) is 0.517. The van der Waals surface area contributed by atoms with E-state index in [4.69, 9.17) is 5.73 Å². The number of thioether (sulfide) groups is 1. The highest BCUT2D eigenvalue weighted by molar-refractivity contribution is 7.98. The smallest absolute Gasteiger partial charge is 0.0508 e. The van der Waals surface area contributed by atoms with Gasteiger partial charge in [0.1, 0.15) is 0 Å². The van der Waals surface area contributed by atoms with E-state index in [1.807, 2.05) is 11.8 Å². The lowest BCUT2D eigenvalue weighted by molar-refractivity contribution is -0.00513. The van der Waals surface area contributed by atoms with Crippen LogP contribution < -0.4 is 5.73 Å². The first kappa shape index (κ1) is 20.9. The van der Waals surface area contributed by atoms with E-state index >= 15 is 0 Å². The second-order valence-corrected chi connectivity index (χ2v) is 11.7. The van der Waals surface area contributed by atoms with Gasteiger partial charge in [0.15, 0.2) is 0 Å². The summed E-state index contributed by atoms with van der Waals surface area (Å²) in [6.45, 7) is 0.775. The fourth-order valence-corrected chi connectivity index (χ4v) is 8.43. The highest BCUT2D eigenvalue weighted by atomic mass is 32.2. The Morgan fingerprint density at radius 2 is 1.69 bits per heavy atom. The van der Waals surface area contributed by atoms with E-state index in [1.54, 1.807) is 5.56 Å². The highest BCUT2D eigenvalue weighted by Gasteiger charge is 2.51. The third-order valence-corrected chi connectivity index (χ3v) is 9.61. The molecule has 1 aromatic heterocycles. The van der Waals surface area contributed by atoms with Gasteiger partial charge in [-0.1, -0.05) is 24.3 Å². The second-order valence-electron chi connectivity index (χ2n) is 10.9. The molecular weight excluding hydrogens is 408 g/mol. The lowest BCUT2D eigenvalue weighted by Crippen LogP contribution is -2.48. The maximum atomic E-state index is 5.86. The van der Waals surface area contributed by atoms with Gasteiger partial charge in [0.05, 0.1) is 5.69 Å². The molecule has 0 unspecified atom stereocenters. The molecule has 3 N–H and O–H groups in total. The number of aryl methyl sites for hydroxylation is 1. The second kappa shape index (κ2) is 8.25. The van der Waals surface area contributed by atoms with Crippen molar-refractivity contribution in [2.45, 2.75) is 68.1 Å². The van der Waals surface area contributed by atoms with Gasteiger partial charge < -0.3 is 10.7 Å². The van der Waals surface area contributed by atoms with Crippen LogP contribution in [0.1, 0.15) is 62.5 Å². The molecule has 4 bridgehead atoms. The standard InChI is InChI=1S/C29H36N2S/c1-32-27-8-3-2-7-24(27)28-23(6-4-5-11-30)25-15-22(9-10-26(25)31-28)29-16-19-12-20(17-29)14-21(13-19)18-29/h2-3,7-10,15,19-21,31H,4-6,11-14,16-18,30H2,1H3. The average Bonchev–Trinajstić information content (AvgIpc) is 3.16. The van der Waals surface area contributed by atoms with Gasteiger partial charge in [0, 0.05) is 21.4 Å². The van der Waals surface area contributed by atoms with Crippen LogP contribution in [0.4, 0.5) is 0 Å². The van der Waals surface area contributed by atoms with Gasteiger partial charge in [0.25, 0.3) is 0 Å². The van der Waals surface area contributed by atoms with Gasteiger partial charge in [-0.2, -0.15) is 0 Å². The maximum Gasteiger partial charge on any atom is 0.0508 e. The first-order chi connectivity index (χ1) is 15.7. The van der Waals surface area contributed by atoms with Crippen molar-refractivity contribution >= 4 is 22.7 Å². The number of nitrogens with one attached hydrogen (secondary N) is 1. The molecule has 7 rings (SSSR count). The van der Waals surface area contributed by atoms with Crippen molar-refractivity contribution in [2.24, 2.45) is 23.5 Å². The van der Waals surface area contributed by atoms with Crippen LogP contribution in [0, 0.1) is 17.8 Å². The van der Waals surface area contributed by atoms with Crippen LogP contribution in [0.5, 0.6) is 0 Å². The molecule has 0 amide bonds. The summed E-state index contributed by atoms with van der Waals surface area (Å²) in [5, 5.41) is 1.46. The normalized spacial score (nSPS) is 28.6. The molecule has 168 valence electrons. The van der Waals surface area contributed by atoms with Crippen molar-refractivity contribution in [2.75, 3.05) is 12.8 Å². The number of hydrogen-bond donors (Lipinski definition) is 2. The topological polar surface area (TPSA) is 41.8 Å². The van der Waals surface area contributed by atoms with E-state index in [1.165, 1.54) is 71.1 Å². The first-order valence-corrected chi connectivity index (χ1v) is 13.9. The predicted molar refractivity (Wildman–Crippen MR) is 137 cm³/mol. The number of benzene rings is 2. The van der Waals surface area contributed by atoms with Gasteiger partial charge in [-0.25, -0.2) is 0 Å². The fourth-order valence-electron chi connectivity index (χ4n) is 7.83. The molecule has 4 saturated carbocycles. The summed E-state index contributed by atoms with van der Waals surface area (Å²) in [5.74, 6) is 2.95. The Morgan fingerprint density at radius 1 is 0.969 bits per heavy atom. The summed E-state index contributed by atoms with van der Waals surface area (Å²) >= 11 is 1.84. The summed E-state index contributed by atoms with van der Waals surface area (Å²) in [6.07, 6.45) is 14.3. The molecule has 2 aromatic carbocycles. The summed E-state index contributed by atoms with van der Waals surface area (Å²) in [7, 11) is 0. The average molecular weight is 445 g/mol. The van der Waals surface area contributed by atoms with E-state index in [9.17, 15) is 0 Å². The minimum atomic E-state index is 0.450. The van der Waals surface area contributed by atoms with Crippen LogP contribution >= 0.6 is 11.8 Å². The van der Waals surface area contributed by atoms with Gasteiger partial charge in [-0.05, 0) is 123 Å². The number of unbranched alkanes of at least 4 members (excludes halogenated alkanes) is 1. The SMILES string of the molecule is CSc1ccccc1-c1[nH]c2ccc(C34CC5CC(CC(C5)C3)C4)cc2c1CCCCN. The monoisotopic (exact) mass is 444 g/mol. The Hall–Kier alpha value is -1.71. The summed E-state index contributed by atoms with van der Waals surface area (Å²) in [4.78, 5) is 5.19. The highest BCUT2D eigenvalue weighted by Crippen LogP contribution is 2.61.